The number of ether oxygens (including phenoxy) is 1. The van der Waals surface area contributed by atoms with E-state index in [9.17, 15) is 9.59 Å². The van der Waals surface area contributed by atoms with E-state index in [-0.39, 0.29) is 18.4 Å². The molecule has 6 heteroatoms. The van der Waals surface area contributed by atoms with Crippen molar-refractivity contribution in [3.8, 4) is 5.75 Å². The molecule has 126 valence electrons. The lowest BCUT2D eigenvalue weighted by Crippen LogP contribution is -2.35. The predicted octanol–water partition coefficient (Wildman–Crippen LogP) is 2.96. The maximum absolute atomic E-state index is 12.6. The quantitative estimate of drug-likeness (QED) is 0.907. The van der Waals surface area contributed by atoms with Crippen molar-refractivity contribution in [2.45, 2.75) is 19.3 Å². The Morgan fingerprint density at radius 3 is 2.71 bits per heavy atom. The van der Waals surface area contributed by atoms with Crippen molar-refractivity contribution in [1.82, 2.24) is 4.90 Å². The molecule has 0 spiro atoms. The number of carbonyl (C=O) groups excluding carboxylic acids is 2. The number of likely N-dealkylation sites (N-methyl/N-ethyl adjacent to an activating group) is 1. The summed E-state index contributed by atoms with van der Waals surface area (Å²) in [6.45, 7) is 0.0233. The summed E-state index contributed by atoms with van der Waals surface area (Å²) < 4.78 is 5.08. The number of hydrogen-bond acceptors (Lipinski definition) is 4. The highest BCUT2D eigenvalue weighted by atomic mass is 32.1. The Hall–Kier alpha value is -2.34. The molecule has 1 aliphatic rings. The summed E-state index contributed by atoms with van der Waals surface area (Å²) in [4.78, 5) is 27.5. The predicted molar refractivity (Wildman–Crippen MR) is 94.9 cm³/mol. The first-order valence-electron chi connectivity index (χ1n) is 7.87. The zero-order valence-electron chi connectivity index (χ0n) is 13.8. The number of anilines is 1. The van der Waals surface area contributed by atoms with Gasteiger partial charge in [-0.05, 0) is 49.1 Å². The maximum Gasteiger partial charge on any atom is 0.255 e. The normalized spacial score (nSPS) is 12.6. The fourth-order valence-corrected chi connectivity index (χ4v) is 4.00. The van der Waals surface area contributed by atoms with Crippen LogP contribution in [0.5, 0.6) is 5.75 Å². The van der Waals surface area contributed by atoms with Crippen LogP contribution in [0.2, 0.25) is 0 Å². The van der Waals surface area contributed by atoms with Gasteiger partial charge in [0.15, 0.2) is 0 Å². The van der Waals surface area contributed by atoms with E-state index < -0.39 is 0 Å². The van der Waals surface area contributed by atoms with Crippen molar-refractivity contribution in [3.05, 3.63) is 45.6 Å². The van der Waals surface area contributed by atoms with E-state index in [1.54, 1.807) is 49.8 Å². The van der Waals surface area contributed by atoms with Crippen molar-refractivity contribution in [2.75, 3.05) is 26.0 Å². The topological polar surface area (TPSA) is 58.6 Å². The second-order valence-electron chi connectivity index (χ2n) is 5.84. The molecule has 5 nitrogen and oxygen atoms in total. The van der Waals surface area contributed by atoms with E-state index in [2.05, 4.69) is 5.32 Å². The van der Waals surface area contributed by atoms with Crippen molar-refractivity contribution in [3.63, 3.8) is 0 Å². The number of fused-ring (bicyclic) bond motifs is 1. The van der Waals surface area contributed by atoms with Gasteiger partial charge in [-0.15, -0.1) is 11.3 Å². The number of rotatable bonds is 5. The van der Waals surface area contributed by atoms with Crippen LogP contribution >= 0.6 is 11.3 Å². The molecule has 0 fully saturated rings. The highest BCUT2D eigenvalue weighted by Crippen LogP contribution is 2.31. The lowest BCUT2D eigenvalue weighted by atomic mass is 10.1. The Morgan fingerprint density at radius 1 is 1.25 bits per heavy atom. The van der Waals surface area contributed by atoms with E-state index in [1.807, 2.05) is 5.38 Å². The SMILES string of the molecule is COc1ccc(NC(=O)CN(C)C(=O)c2csc3c2CCC3)cc1. The van der Waals surface area contributed by atoms with Gasteiger partial charge in [-0.2, -0.15) is 0 Å². The summed E-state index contributed by atoms with van der Waals surface area (Å²) >= 11 is 1.65. The largest absolute Gasteiger partial charge is 0.497 e. The summed E-state index contributed by atoms with van der Waals surface area (Å²) in [5, 5.41) is 4.71. The molecule has 2 amide bonds. The highest BCUT2D eigenvalue weighted by Gasteiger charge is 2.24. The molecule has 0 saturated carbocycles. The van der Waals surface area contributed by atoms with Gasteiger partial charge in [-0.1, -0.05) is 0 Å². The van der Waals surface area contributed by atoms with Gasteiger partial charge < -0.3 is 15.0 Å². The number of nitrogens with one attached hydrogen (secondary N) is 1. The number of aryl methyl sites for hydroxylation is 1. The van der Waals surface area contributed by atoms with Crippen LogP contribution in [0.25, 0.3) is 0 Å². The van der Waals surface area contributed by atoms with Crippen LogP contribution < -0.4 is 10.1 Å². The van der Waals surface area contributed by atoms with Crippen molar-refractivity contribution >= 4 is 28.8 Å². The Balaban J connectivity index is 1.59. The summed E-state index contributed by atoms with van der Waals surface area (Å²) in [6.07, 6.45) is 3.14. The van der Waals surface area contributed by atoms with E-state index >= 15 is 0 Å². The molecule has 0 atom stereocenters. The molecule has 0 saturated heterocycles. The molecule has 2 aromatic rings. The van der Waals surface area contributed by atoms with Gasteiger partial charge in [0.2, 0.25) is 5.91 Å². The number of methoxy groups -OCH3 is 1. The van der Waals surface area contributed by atoms with Crippen molar-refractivity contribution in [2.24, 2.45) is 0 Å². The number of carbonyl (C=O) groups is 2. The van der Waals surface area contributed by atoms with Crippen LogP contribution in [-0.2, 0) is 17.6 Å². The molecule has 3 rings (SSSR count). The molecule has 1 heterocycles. The van der Waals surface area contributed by atoms with Crippen LogP contribution in [-0.4, -0.2) is 37.4 Å². The standard InChI is InChI=1S/C18H20N2O3S/c1-20(18(22)15-11-24-16-5-3-4-14(15)16)10-17(21)19-12-6-8-13(23-2)9-7-12/h6-9,11H,3-5,10H2,1-2H3,(H,19,21). The minimum absolute atomic E-state index is 0.0233. The molecule has 0 aliphatic heterocycles. The van der Waals surface area contributed by atoms with Gasteiger partial charge in [0.1, 0.15) is 5.75 Å². The number of nitrogens with zero attached hydrogens (tertiary/aromatic N) is 1. The molecule has 24 heavy (non-hydrogen) atoms. The number of amides is 2. The molecule has 1 aromatic heterocycles. The molecule has 0 bridgehead atoms. The zero-order chi connectivity index (χ0) is 17.1. The molecule has 1 N–H and O–H groups in total. The van der Waals surface area contributed by atoms with E-state index in [0.29, 0.717) is 5.69 Å². The summed E-state index contributed by atoms with van der Waals surface area (Å²) in [5.41, 5.74) is 2.61. The smallest absolute Gasteiger partial charge is 0.255 e. The minimum atomic E-state index is -0.220. The second kappa shape index (κ2) is 7.05. The van der Waals surface area contributed by atoms with E-state index in [4.69, 9.17) is 4.74 Å². The first-order valence-corrected chi connectivity index (χ1v) is 8.75. The van der Waals surface area contributed by atoms with Crippen LogP contribution in [0.4, 0.5) is 5.69 Å². The average Bonchev–Trinajstić information content (AvgIpc) is 3.18. The van der Waals surface area contributed by atoms with Gasteiger partial charge >= 0.3 is 0 Å². The zero-order valence-corrected chi connectivity index (χ0v) is 14.6. The van der Waals surface area contributed by atoms with Crippen LogP contribution in [0.15, 0.2) is 29.6 Å². The monoisotopic (exact) mass is 344 g/mol. The van der Waals surface area contributed by atoms with Gasteiger partial charge in [-0.25, -0.2) is 0 Å². The molecular formula is C18H20N2O3S. The van der Waals surface area contributed by atoms with Gasteiger partial charge in [-0.3, -0.25) is 9.59 Å². The van der Waals surface area contributed by atoms with E-state index in [0.717, 1.165) is 30.6 Å². The van der Waals surface area contributed by atoms with Crippen LogP contribution in [0, 0.1) is 0 Å². The highest BCUT2D eigenvalue weighted by molar-refractivity contribution is 7.10. The van der Waals surface area contributed by atoms with Gasteiger partial charge in [0.05, 0.1) is 19.2 Å². The summed E-state index contributed by atoms with van der Waals surface area (Å²) in [5.74, 6) is 0.425. The number of benzene rings is 1. The number of hydrogen-bond donors (Lipinski definition) is 1. The Labute approximate surface area is 145 Å². The first kappa shape index (κ1) is 16.5. The maximum atomic E-state index is 12.6. The second-order valence-corrected chi connectivity index (χ2v) is 6.81. The fourth-order valence-electron chi connectivity index (χ4n) is 2.88. The lowest BCUT2D eigenvalue weighted by Gasteiger charge is -2.17. The Morgan fingerprint density at radius 2 is 2.00 bits per heavy atom. The fraction of sp³-hybridized carbons (Fsp3) is 0.333. The summed E-state index contributed by atoms with van der Waals surface area (Å²) in [6, 6.07) is 7.09. The molecular weight excluding hydrogens is 324 g/mol. The molecule has 0 radical (unpaired) electrons. The van der Waals surface area contributed by atoms with Crippen molar-refractivity contribution in [1.29, 1.82) is 0 Å². The van der Waals surface area contributed by atoms with Crippen molar-refractivity contribution < 1.29 is 14.3 Å². The third kappa shape index (κ3) is 3.43. The Bertz CT molecular complexity index is 752. The van der Waals surface area contributed by atoms with Crippen LogP contribution in [0.3, 0.4) is 0 Å². The molecule has 1 aromatic carbocycles. The van der Waals surface area contributed by atoms with E-state index in [1.165, 1.54) is 15.3 Å². The number of thiophene rings is 1. The third-order valence-corrected chi connectivity index (χ3v) is 5.23. The third-order valence-electron chi connectivity index (χ3n) is 4.14. The summed E-state index contributed by atoms with van der Waals surface area (Å²) in [7, 11) is 3.25. The van der Waals surface area contributed by atoms with Gasteiger partial charge in [0.25, 0.3) is 5.91 Å². The molecule has 0 unspecified atom stereocenters. The lowest BCUT2D eigenvalue weighted by molar-refractivity contribution is -0.116. The Kier molecular flexibility index (Phi) is 4.85. The first-order chi connectivity index (χ1) is 11.6. The average molecular weight is 344 g/mol. The van der Waals surface area contributed by atoms with Crippen LogP contribution in [0.1, 0.15) is 27.2 Å². The molecule has 1 aliphatic carbocycles. The van der Waals surface area contributed by atoms with Gasteiger partial charge in [0, 0.05) is 23.0 Å². The minimum Gasteiger partial charge on any atom is -0.497 e.